The highest BCUT2D eigenvalue weighted by Crippen LogP contribution is 2.24. The highest BCUT2D eigenvalue weighted by atomic mass is 15.0. The van der Waals surface area contributed by atoms with Gasteiger partial charge in [-0.25, -0.2) is 0 Å². The molecule has 1 aromatic rings. The van der Waals surface area contributed by atoms with Crippen LogP contribution in [0.5, 0.6) is 0 Å². The minimum absolute atomic E-state index is 0.588. The Bertz CT molecular complexity index is 255. The molecule has 1 aliphatic heterocycles. The lowest BCUT2D eigenvalue weighted by molar-refractivity contribution is 0.341. The van der Waals surface area contributed by atoms with E-state index in [4.69, 9.17) is 0 Å². The second-order valence-electron chi connectivity index (χ2n) is 3.96. The van der Waals surface area contributed by atoms with Crippen LogP contribution in [0.15, 0.2) is 30.3 Å². The molecule has 1 fully saturated rings. The smallest absolute Gasteiger partial charge is 0.0322 e. The topological polar surface area (TPSA) is 12.0 Å². The molecule has 0 bridgehead atoms. The second kappa shape index (κ2) is 3.93. The van der Waals surface area contributed by atoms with E-state index in [1.54, 1.807) is 0 Å². The van der Waals surface area contributed by atoms with Crippen LogP contribution in [0.3, 0.4) is 0 Å². The molecule has 0 aromatic heterocycles. The summed E-state index contributed by atoms with van der Waals surface area (Å²) in [6.45, 7) is 2.27. The normalized spacial score (nSPS) is 28.7. The summed E-state index contributed by atoms with van der Waals surface area (Å²) in [6.07, 6.45) is 3.96. The van der Waals surface area contributed by atoms with Gasteiger partial charge in [0.1, 0.15) is 0 Å². The number of nitrogens with one attached hydrogen (secondary N) is 1. The lowest BCUT2D eigenvalue weighted by Gasteiger charge is -2.29. The average molecular weight is 175 g/mol. The largest absolute Gasteiger partial charge is 0.307 e. The third-order valence-electron chi connectivity index (χ3n) is 2.82. The summed E-state index contributed by atoms with van der Waals surface area (Å²) in [7, 11) is 0. The Kier molecular flexibility index (Phi) is 2.65. The van der Waals surface area contributed by atoms with Gasteiger partial charge in [0.05, 0.1) is 0 Å². The van der Waals surface area contributed by atoms with Gasteiger partial charge in [-0.1, -0.05) is 36.8 Å². The molecule has 2 atom stereocenters. The summed E-state index contributed by atoms with van der Waals surface area (Å²) in [6, 6.07) is 12.0. The van der Waals surface area contributed by atoms with Crippen LogP contribution < -0.4 is 5.32 Å². The summed E-state index contributed by atoms with van der Waals surface area (Å²) < 4.78 is 0. The zero-order valence-corrected chi connectivity index (χ0v) is 8.16. The van der Waals surface area contributed by atoms with E-state index in [9.17, 15) is 0 Å². The maximum absolute atomic E-state index is 3.63. The van der Waals surface area contributed by atoms with Crippen LogP contribution in [0.1, 0.15) is 37.8 Å². The number of hydrogen-bond acceptors (Lipinski definition) is 1. The fraction of sp³-hybridized carbons (Fsp3) is 0.500. The number of piperidine rings is 1. The molecule has 1 heteroatoms. The molecule has 0 amide bonds. The van der Waals surface area contributed by atoms with Gasteiger partial charge in [0.15, 0.2) is 0 Å². The van der Waals surface area contributed by atoms with Crippen LogP contribution in [-0.2, 0) is 0 Å². The van der Waals surface area contributed by atoms with Gasteiger partial charge in [-0.05, 0) is 25.3 Å². The second-order valence-corrected chi connectivity index (χ2v) is 3.96. The van der Waals surface area contributed by atoms with E-state index in [0.29, 0.717) is 12.1 Å². The first-order valence-corrected chi connectivity index (χ1v) is 5.17. The van der Waals surface area contributed by atoms with Gasteiger partial charge < -0.3 is 5.32 Å². The minimum Gasteiger partial charge on any atom is -0.307 e. The predicted octanol–water partition coefficient (Wildman–Crippen LogP) is 2.89. The standard InChI is InChI=1S/C12H17N/c1-10-6-5-9-12(13-10)11-7-3-2-4-8-11/h2-4,7-8,10,12-13H,5-6,9H2,1H3/t10-,12+/m1/s1. The zero-order chi connectivity index (χ0) is 9.10. The van der Waals surface area contributed by atoms with Crippen molar-refractivity contribution in [1.82, 2.24) is 5.32 Å². The molecular weight excluding hydrogens is 158 g/mol. The fourth-order valence-corrected chi connectivity index (χ4v) is 2.09. The first-order valence-electron chi connectivity index (χ1n) is 5.17. The summed E-state index contributed by atoms with van der Waals surface area (Å²) in [5.74, 6) is 0. The van der Waals surface area contributed by atoms with E-state index in [2.05, 4.69) is 42.6 Å². The number of benzene rings is 1. The van der Waals surface area contributed by atoms with E-state index in [-0.39, 0.29) is 0 Å². The highest BCUT2D eigenvalue weighted by Gasteiger charge is 2.18. The van der Waals surface area contributed by atoms with Gasteiger partial charge >= 0.3 is 0 Å². The number of rotatable bonds is 1. The van der Waals surface area contributed by atoms with E-state index < -0.39 is 0 Å². The summed E-state index contributed by atoms with van der Waals surface area (Å²) >= 11 is 0. The number of hydrogen-bond donors (Lipinski definition) is 1. The van der Waals surface area contributed by atoms with E-state index in [1.165, 1.54) is 24.8 Å². The maximum Gasteiger partial charge on any atom is 0.0322 e. The molecule has 0 saturated carbocycles. The molecule has 70 valence electrons. The van der Waals surface area contributed by atoms with Crippen molar-refractivity contribution in [2.75, 3.05) is 0 Å². The molecule has 0 aliphatic carbocycles. The van der Waals surface area contributed by atoms with Crippen molar-refractivity contribution in [1.29, 1.82) is 0 Å². The Morgan fingerprint density at radius 2 is 1.92 bits per heavy atom. The molecule has 1 aromatic carbocycles. The molecule has 0 unspecified atom stereocenters. The van der Waals surface area contributed by atoms with Crippen molar-refractivity contribution in [2.45, 2.75) is 38.3 Å². The van der Waals surface area contributed by atoms with Gasteiger partial charge in [0.25, 0.3) is 0 Å². The molecule has 0 spiro atoms. The molecule has 1 N–H and O–H groups in total. The minimum atomic E-state index is 0.588. The summed E-state index contributed by atoms with van der Waals surface area (Å²) in [5.41, 5.74) is 1.44. The van der Waals surface area contributed by atoms with Crippen molar-refractivity contribution >= 4 is 0 Å². The van der Waals surface area contributed by atoms with Gasteiger partial charge in [0, 0.05) is 12.1 Å². The van der Waals surface area contributed by atoms with Crippen molar-refractivity contribution in [2.24, 2.45) is 0 Å². The first kappa shape index (κ1) is 8.76. The molecular formula is C12H17N. The van der Waals surface area contributed by atoms with Gasteiger partial charge in [-0.15, -0.1) is 0 Å². The van der Waals surface area contributed by atoms with E-state index in [0.717, 1.165) is 0 Å². The van der Waals surface area contributed by atoms with Crippen molar-refractivity contribution in [3.63, 3.8) is 0 Å². The summed E-state index contributed by atoms with van der Waals surface area (Å²) in [5, 5.41) is 3.63. The Morgan fingerprint density at radius 3 is 2.62 bits per heavy atom. The summed E-state index contributed by atoms with van der Waals surface area (Å²) in [4.78, 5) is 0. The molecule has 13 heavy (non-hydrogen) atoms. The third-order valence-corrected chi connectivity index (χ3v) is 2.82. The van der Waals surface area contributed by atoms with Crippen LogP contribution in [0.25, 0.3) is 0 Å². The van der Waals surface area contributed by atoms with E-state index in [1.807, 2.05) is 0 Å². The molecule has 2 rings (SSSR count). The van der Waals surface area contributed by atoms with Crippen LogP contribution in [-0.4, -0.2) is 6.04 Å². The van der Waals surface area contributed by atoms with Crippen molar-refractivity contribution in [3.05, 3.63) is 35.9 Å². The first-order chi connectivity index (χ1) is 6.36. The van der Waals surface area contributed by atoms with Crippen molar-refractivity contribution in [3.8, 4) is 0 Å². The van der Waals surface area contributed by atoms with Gasteiger partial charge in [-0.3, -0.25) is 0 Å². The fourth-order valence-electron chi connectivity index (χ4n) is 2.09. The van der Waals surface area contributed by atoms with Gasteiger partial charge in [0.2, 0.25) is 0 Å². The van der Waals surface area contributed by atoms with Crippen LogP contribution in [0, 0.1) is 0 Å². The predicted molar refractivity (Wildman–Crippen MR) is 55.6 cm³/mol. The lowest BCUT2D eigenvalue weighted by Crippen LogP contribution is -2.34. The highest BCUT2D eigenvalue weighted by molar-refractivity contribution is 5.19. The Morgan fingerprint density at radius 1 is 1.15 bits per heavy atom. The SMILES string of the molecule is C[C@@H]1CCC[C@@H](c2ccccc2)N1. The van der Waals surface area contributed by atoms with Crippen LogP contribution >= 0.6 is 0 Å². The van der Waals surface area contributed by atoms with E-state index >= 15 is 0 Å². The Hall–Kier alpha value is -0.820. The molecule has 1 saturated heterocycles. The quantitative estimate of drug-likeness (QED) is 0.692. The third kappa shape index (κ3) is 2.10. The van der Waals surface area contributed by atoms with Crippen LogP contribution in [0.4, 0.5) is 0 Å². The molecule has 1 heterocycles. The molecule has 1 aliphatic rings. The molecule has 1 nitrogen and oxygen atoms in total. The lowest BCUT2D eigenvalue weighted by atomic mass is 9.94. The van der Waals surface area contributed by atoms with Gasteiger partial charge in [-0.2, -0.15) is 0 Å². The van der Waals surface area contributed by atoms with Crippen molar-refractivity contribution < 1.29 is 0 Å². The Labute approximate surface area is 80.2 Å². The molecule has 0 radical (unpaired) electrons. The van der Waals surface area contributed by atoms with Crippen LogP contribution in [0.2, 0.25) is 0 Å². The zero-order valence-electron chi connectivity index (χ0n) is 8.16. The Balaban J connectivity index is 2.08. The maximum atomic E-state index is 3.63. The monoisotopic (exact) mass is 175 g/mol. The average Bonchev–Trinajstić information content (AvgIpc) is 2.19.